The Bertz CT molecular complexity index is 1170. The maximum absolute atomic E-state index is 12.3. The van der Waals surface area contributed by atoms with Crippen LogP contribution in [0.25, 0.3) is 10.9 Å². The van der Waals surface area contributed by atoms with E-state index in [1.807, 2.05) is 0 Å². The molecule has 174 valence electrons. The summed E-state index contributed by atoms with van der Waals surface area (Å²) < 4.78 is 12.1. The Labute approximate surface area is 189 Å². The minimum Gasteiger partial charge on any atom is -0.791 e. The zero-order chi connectivity index (χ0) is 23.2. The van der Waals surface area contributed by atoms with Gasteiger partial charge >= 0.3 is 0 Å². The third kappa shape index (κ3) is 4.82. The molecule has 0 atom stereocenters. The molecule has 0 fully saturated rings. The van der Waals surface area contributed by atoms with E-state index in [1.165, 1.54) is 4.90 Å². The van der Waals surface area contributed by atoms with E-state index in [4.69, 9.17) is 9.47 Å². The third-order valence-corrected chi connectivity index (χ3v) is 5.43. The summed E-state index contributed by atoms with van der Waals surface area (Å²) in [5, 5.41) is 15.7. The summed E-state index contributed by atoms with van der Waals surface area (Å²) in [4.78, 5) is 38.6. The average Bonchev–Trinajstić information content (AvgIpc) is 3.23. The molecule has 1 aliphatic heterocycles. The average molecular weight is 453 g/mol. The van der Waals surface area contributed by atoms with Crippen LogP contribution in [0.4, 0.5) is 0 Å². The lowest BCUT2D eigenvalue weighted by molar-refractivity contribution is 0.0563. The summed E-state index contributed by atoms with van der Waals surface area (Å²) in [7, 11) is 0. The molecule has 2 aromatic carbocycles. The van der Waals surface area contributed by atoms with E-state index in [2.05, 4.69) is 5.32 Å². The van der Waals surface area contributed by atoms with Gasteiger partial charge in [0.2, 0.25) is 0 Å². The number of rotatable bonds is 12. The SMILES string of the molecule is O=C1c2ccccc2C(=O)N1CCOCCNCCOCCn1c(=O)c2ccccc2n1[O-]. The second-order valence-corrected chi connectivity index (χ2v) is 7.50. The smallest absolute Gasteiger partial charge is 0.274 e. The van der Waals surface area contributed by atoms with Crippen molar-refractivity contribution in [2.24, 2.45) is 0 Å². The van der Waals surface area contributed by atoms with E-state index < -0.39 is 0 Å². The molecule has 3 aromatic rings. The predicted octanol–water partition coefficient (Wildman–Crippen LogP) is 1.07. The standard InChI is InChI=1S/C23H25N4O6/c28-21-17-5-1-2-6-18(17)22(29)25(21)11-15-32-13-9-24-10-14-33-16-12-26-23(30)19-7-3-4-8-20(19)27(26)31/h1-8,24H,9-16H2/q-1. The maximum atomic E-state index is 12.3. The number of nitrogens with zero attached hydrogens (tertiary/aromatic N) is 3. The maximum Gasteiger partial charge on any atom is 0.274 e. The van der Waals surface area contributed by atoms with Crippen LogP contribution in [-0.4, -0.2) is 72.3 Å². The number of benzene rings is 2. The summed E-state index contributed by atoms with van der Waals surface area (Å²) in [6, 6.07) is 13.5. The van der Waals surface area contributed by atoms with Crippen molar-refractivity contribution < 1.29 is 19.1 Å². The lowest BCUT2D eigenvalue weighted by atomic mass is 10.1. The molecule has 0 aliphatic carbocycles. The van der Waals surface area contributed by atoms with Crippen LogP contribution in [0.3, 0.4) is 0 Å². The van der Waals surface area contributed by atoms with E-state index >= 15 is 0 Å². The second-order valence-electron chi connectivity index (χ2n) is 7.50. The number of ether oxygens (including phenoxy) is 2. The number of carbonyl (C=O) groups excluding carboxylic acids is 2. The first-order valence-electron chi connectivity index (χ1n) is 10.8. The third-order valence-electron chi connectivity index (χ3n) is 5.43. The molecule has 1 aromatic heterocycles. The van der Waals surface area contributed by atoms with Gasteiger partial charge in [0.15, 0.2) is 0 Å². The lowest BCUT2D eigenvalue weighted by Crippen LogP contribution is -2.33. The van der Waals surface area contributed by atoms with E-state index in [9.17, 15) is 19.6 Å². The first kappa shape index (κ1) is 22.7. The highest BCUT2D eigenvalue weighted by atomic mass is 16.5. The number of hydrogen-bond donors (Lipinski definition) is 1. The van der Waals surface area contributed by atoms with Gasteiger partial charge in [-0.25, -0.2) is 0 Å². The van der Waals surface area contributed by atoms with Crippen LogP contribution in [0.1, 0.15) is 20.7 Å². The molecule has 33 heavy (non-hydrogen) atoms. The van der Waals surface area contributed by atoms with Crippen molar-refractivity contribution in [3.63, 3.8) is 0 Å². The highest BCUT2D eigenvalue weighted by Crippen LogP contribution is 2.21. The van der Waals surface area contributed by atoms with E-state index in [-0.39, 0.29) is 43.7 Å². The molecular weight excluding hydrogens is 428 g/mol. The summed E-state index contributed by atoms with van der Waals surface area (Å²) in [6.07, 6.45) is 0. The van der Waals surface area contributed by atoms with Crippen LogP contribution in [-0.2, 0) is 16.0 Å². The molecule has 10 heteroatoms. The molecule has 0 radical (unpaired) electrons. The number of para-hydroxylation sites is 1. The molecule has 2 heterocycles. The monoisotopic (exact) mass is 453 g/mol. The summed E-state index contributed by atoms with van der Waals surface area (Å²) in [6.45, 7) is 2.91. The fourth-order valence-corrected chi connectivity index (χ4v) is 3.73. The van der Waals surface area contributed by atoms with Crippen molar-refractivity contribution in [3.05, 3.63) is 75.2 Å². The van der Waals surface area contributed by atoms with Crippen molar-refractivity contribution in [3.8, 4) is 0 Å². The minimum atomic E-state index is -0.319. The largest absolute Gasteiger partial charge is 0.791 e. The van der Waals surface area contributed by atoms with Gasteiger partial charge in [0.05, 0.1) is 61.5 Å². The number of carbonyl (C=O) groups is 2. The van der Waals surface area contributed by atoms with Crippen LogP contribution >= 0.6 is 0 Å². The van der Waals surface area contributed by atoms with Gasteiger partial charge in [0.25, 0.3) is 17.4 Å². The zero-order valence-electron chi connectivity index (χ0n) is 18.1. The molecule has 0 saturated heterocycles. The minimum absolute atomic E-state index is 0.179. The van der Waals surface area contributed by atoms with Gasteiger partial charge in [0.1, 0.15) is 0 Å². The predicted molar refractivity (Wildman–Crippen MR) is 121 cm³/mol. The van der Waals surface area contributed by atoms with Gasteiger partial charge in [0, 0.05) is 13.1 Å². The molecule has 0 unspecified atom stereocenters. The summed E-state index contributed by atoms with van der Waals surface area (Å²) in [5.41, 5.74) is 0.907. The molecule has 0 saturated carbocycles. The van der Waals surface area contributed by atoms with Crippen molar-refractivity contribution in [1.82, 2.24) is 19.7 Å². The molecule has 2 amide bonds. The van der Waals surface area contributed by atoms with E-state index in [0.717, 1.165) is 4.68 Å². The Morgan fingerprint density at radius 3 is 1.97 bits per heavy atom. The molecule has 0 spiro atoms. The Morgan fingerprint density at radius 2 is 1.33 bits per heavy atom. The number of aromatic nitrogens is 2. The van der Waals surface area contributed by atoms with Crippen molar-refractivity contribution in [1.29, 1.82) is 0 Å². The molecule has 1 N–H and O–H groups in total. The molecule has 4 rings (SSSR count). The summed E-state index contributed by atoms with van der Waals surface area (Å²) >= 11 is 0. The molecule has 0 bridgehead atoms. The van der Waals surface area contributed by atoms with Crippen LogP contribution in [0.2, 0.25) is 0 Å². The quantitative estimate of drug-likeness (QED) is 0.322. The number of fused-ring (bicyclic) bond motifs is 2. The van der Waals surface area contributed by atoms with Crippen LogP contribution < -0.4 is 10.9 Å². The van der Waals surface area contributed by atoms with Gasteiger partial charge in [-0.15, -0.1) is 0 Å². The number of hydrogen-bond acceptors (Lipinski definition) is 7. The molecular formula is C23H25N4O6-. The molecule has 1 aliphatic rings. The van der Waals surface area contributed by atoms with Crippen LogP contribution in [0.15, 0.2) is 53.3 Å². The van der Waals surface area contributed by atoms with E-state index in [1.54, 1.807) is 48.5 Å². The second kappa shape index (κ2) is 10.4. The Morgan fingerprint density at radius 1 is 0.758 bits per heavy atom. The molecule has 10 nitrogen and oxygen atoms in total. The van der Waals surface area contributed by atoms with E-state index in [0.29, 0.717) is 53.2 Å². The summed E-state index contributed by atoms with van der Waals surface area (Å²) in [5.74, 6) is -0.567. The fraction of sp³-hybridized carbons (Fsp3) is 0.348. The van der Waals surface area contributed by atoms with Crippen molar-refractivity contribution >= 4 is 22.7 Å². The van der Waals surface area contributed by atoms with Crippen LogP contribution in [0.5, 0.6) is 0 Å². The van der Waals surface area contributed by atoms with Gasteiger partial charge < -0.3 is 24.8 Å². The van der Waals surface area contributed by atoms with Crippen LogP contribution in [0, 0.1) is 5.21 Å². The first-order valence-corrected chi connectivity index (χ1v) is 10.8. The van der Waals surface area contributed by atoms with Crippen molar-refractivity contribution in [2.45, 2.75) is 6.54 Å². The Hall–Kier alpha value is -3.47. The first-order chi connectivity index (χ1) is 16.1. The fourth-order valence-electron chi connectivity index (χ4n) is 3.73. The normalized spacial score (nSPS) is 13.3. The Balaban J connectivity index is 1.05. The lowest BCUT2D eigenvalue weighted by Gasteiger charge is -2.16. The highest BCUT2D eigenvalue weighted by molar-refractivity contribution is 6.21. The number of imide groups is 1. The van der Waals surface area contributed by atoms with Gasteiger partial charge in [-0.2, -0.15) is 0 Å². The number of nitrogens with one attached hydrogen (secondary N) is 1. The number of amides is 2. The van der Waals surface area contributed by atoms with Gasteiger partial charge in [-0.1, -0.05) is 24.3 Å². The zero-order valence-corrected chi connectivity index (χ0v) is 18.1. The van der Waals surface area contributed by atoms with Gasteiger partial charge in [-0.05, 0) is 24.3 Å². The van der Waals surface area contributed by atoms with Crippen molar-refractivity contribution in [2.75, 3.05) is 46.1 Å². The van der Waals surface area contributed by atoms with Gasteiger partial charge in [-0.3, -0.25) is 24.0 Å². The Kier molecular flexibility index (Phi) is 7.18. The highest BCUT2D eigenvalue weighted by Gasteiger charge is 2.34. The topological polar surface area (TPSA) is 118 Å².